The van der Waals surface area contributed by atoms with E-state index in [0.717, 1.165) is 5.69 Å². The molecule has 2 aromatic carbocycles. The first-order valence-electron chi connectivity index (χ1n) is 15.7. The molecule has 4 heterocycles. The van der Waals surface area contributed by atoms with Crippen LogP contribution >= 0.6 is 23.2 Å². The molecule has 49 heavy (non-hydrogen) atoms. The van der Waals surface area contributed by atoms with Gasteiger partial charge in [0.2, 0.25) is 11.8 Å². The molecule has 1 saturated heterocycles. The van der Waals surface area contributed by atoms with Crippen LogP contribution in [0.25, 0.3) is 39.3 Å². The zero-order valence-corrected chi connectivity index (χ0v) is 28.4. The lowest BCUT2D eigenvalue weighted by Crippen LogP contribution is -2.41. The molecule has 254 valence electrons. The lowest BCUT2D eigenvalue weighted by Gasteiger charge is -2.23. The molecule has 0 saturated carbocycles. The summed E-state index contributed by atoms with van der Waals surface area (Å²) in [5, 5.41) is 31.0. The SMILES string of the molecule is COc1nc(-c2cccc(-c3cccc(-c4ccc5nc(CNCC(C)O)cn5n4)c3Cl)c2Cl)ccc1CN(C[C@@H]1CCC(=O)N1)C(=O)O. The molecule has 1 fully saturated rings. The van der Waals surface area contributed by atoms with Crippen molar-refractivity contribution in [3.8, 4) is 39.5 Å². The predicted molar refractivity (Wildman–Crippen MR) is 187 cm³/mol. The van der Waals surface area contributed by atoms with E-state index >= 15 is 0 Å². The normalized spacial score (nSPS) is 15.0. The number of carbonyl (C=O) groups excluding carboxylic acids is 1. The van der Waals surface area contributed by atoms with Gasteiger partial charge >= 0.3 is 6.09 Å². The third kappa shape index (κ3) is 7.62. The second-order valence-corrected chi connectivity index (χ2v) is 12.7. The molecule has 0 spiro atoms. The lowest BCUT2D eigenvalue weighted by molar-refractivity contribution is -0.119. The van der Waals surface area contributed by atoms with Gasteiger partial charge in [0.25, 0.3) is 0 Å². The molecular formula is C35H35Cl2N7O5. The fourth-order valence-corrected chi connectivity index (χ4v) is 6.51. The Kier molecular flexibility index (Phi) is 10.3. The monoisotopic (exact) mass is 703 g/mol. The van der Waals surface area contributed by atoms with E-state index in [1.54, 1.807) is 23.6 Å². The number of carbonyl (C=O) groups is 2. The number of amides is 2. The van der Waals surface area contributed by atoms with Crippen LogP contribution in [0.5, 0.6) is 5.88 Å². The second-order valence-electron chi connectivity index (χ2n) is 11.9. The smallest absolute Gasteiger partial charge is 0.407 e. The number of halogens is 2. The number of pyridine rings is 1. The van der Waals surface area contributed by atoms with Crippen molar-refractivity contribution < 1.29 is 24.5 Å². The number of aromatic nitrogens is 4. The molecule has 1 aliphatic heterocycles. The summed E-state index contributed by atoms with van der Waals surface area (Å²) in [6, 6.07) is 18.3. The van der Waals surface area contributed by atoms with E-state index in [4.69, 9.17) is 38.0 Å². The van der Waals surface area contributed by atoms with E-state index in [2.05, 4.69) is 15.6 Å². The highest BCUT2D eigenvalue weighted by molar-refractivity contribution is 6.39. The molecule has 0 bridgehead atoms. The van der Waals surface area contributed by atoms with Crippen molar-refractivity contribution in [3.63, 3.8) is 0 Å². The van der Waals surface area contributed by atoms with Gasteiger partial charge in [-0.1, -0.05) is 59.6 Å². The zero-order chi connectivity index (χ0) is 34.7. The van der Waals surface area contributed by atoms with Gasteiger partial charge in [0.1, 0.15) is 0 Å². The van der Waals surface area contributed by atoms with E-state index in [-0.39, 0.29) is 30.9 Å². The van der Waals surface area contributed by atoms with E-state index in [1.165, 1.54) is 12.0 Å². The van der Waals surface area contributed by atoms with Crippen molar-refractivity contribution in [1.82, 2.24) is 35.1 Å². The van der Waals surface area contributed by atoms with Crippen molar-refractivity contribution >= 4 is 40.8 Å². The molecule has 3 aromatic heterocycles. The molecular weight excluding hydrogens is 669 g/mol. The molecule has 2 atom stereocenters. The number of nitrogens with one attached hydrogen (secondary N) is 2. The van der Waals surface area contributed by atoms with Crippen LogP contribution in [0, 0.1) is 0 Å². The number of fused-ring (bicyclic) bond motifs is 1. The van der Waals surface area contributed by atoms with Crippen molar-refractivity contribution in [2.75, 3.05) is 20.2 Å². The summed E-state index contributed by atoms with van der Waals surface area (Å²) in [7, 11) is 1.48. The molecule has 5 aromatic rings. The number of aliphatic hydroxyl groups is 1. The summed E-state index contributed by atoms with van der Waals surface area (Å²) in [5.41, 5.74) is 6.02. The molecule has 1 unspecified atom stereocenters. The van der Waals surface area contributed by atoms with Gasteiger partial charge in [-0.25, -0.2) is 19.3 Å². The summed E-state index contributed by atoms with van der Waals surface area (Å²) in [6.45, 7) is 2.88. The van der Waals surface area contributed by atoms with Gasteiger partial charge in [-0.15, -0.1) is 0 Å². The summed E-state index contributed by atoms with van der Waals surface area (Å²) in [5.74, 6) is 0.190. The maximum Gasteiger partial charge on any atom is 0.407 e. The van der Waals surface area contributed by atoms with Gasteiger partial charge in [-0.2, -0.15) is 5.10 Å². The molecule has 1 aliphatic rings. The van der Waals surface area contributed by atoms with Gasteiger partial charge in [0, 0.05) is 59.9 Å². The Bertz CT molecular complexity index is 2020. The van der Waals surface area contributed by atoms with Crippen LogP contribution in [-0.2, 0) is 17.9 Å². The fourth-order valence-electron chi connectivity index (χ4n) is 5.86. The maximum absolute atomic E-state index is 12.0. The molecule has 14 heteroatoms. The number of imidazole rings is 1. The highest BCUT2D eigenvalue weighted by Crippen LogP contribution is 2.42. The van der Waals surface area contributed by atoms with Crippen molar-refractivity contribution in [2.45, 2.75) is 45.0 Å². The zero-order valence-electron chi connectivity index (χ0n) is 26.9. The Balaban J connectivity index is 1.27. The Hall–Kier alpha value is -4.75. The average molecular weight is 705 g/mol. The molecule has 0 aliphatic carbocycles. The predicted octanol–water partition coefficient (Wildman–Crippen LogP) is 5.67. The fraction of sp³-hybridized carbons (Fsp3) is 0.286. The van der Waals surface area contributed by atoms with Gasteiger partial charge in [-0.3, -0.25) is 4.79 Å². The quantitative estimate of drug-likeness (QED) is 0.129. The van der Waals surface area contributed by atoms with Crippen molar-refractivity contribution in [3.05, 3.63) is 88.2 Å². The van der Waals surface area contributed by atoms with Gasteiger partial charge in [0.15, 0.2) is 5.65 Å². The lowest BCUT2D eigenvalue weighted by atomic mass is 9.98. The largest absolute Gasteiger partial charge is 0.481 e. The molecule has 4 N–H and O–H groups in total. The summed E-state index contributed by atoms with van der Waals surface area (Å²) in [6.07, 6.45) is 1.25. The Morgan fingerprint density at radius 2 is 1.71 bits per heavy atom. The maximum atomic E-state index is 12.0. The first kappa shape index (κ1) is 34.1. The number of benzene rings is 2. The molecule has 2 amide bonds. The van der Waals surface area contributed by atoms with Gasteiger partial charge in [0.05, 0.1) is 53.1 Å². The van der Waals surface area contributed by atoms with Crippen molar-refractivity contribution in [2.24, 2.45) is 0 Å². The number of ether oxygens (including phenoxy) is 1. The summed E-state index contributed by atoms with van der Waals surface area (Å²) < 4.78 is 7.29. The van der Waals surface area contributed by atoms with E-state index in [0.29, 0.717) is 80.8 Å². The highest BCUT2D eigenvalue weighted by Gasteiger charge is 2.26. The second kappa shape index (κ2) is 14.8. The number of carboxylic acid groups (broad SMARTS) is 1. The standard InChI is InChI=1S/C35H35Cl2N7O5/c1-20(45)15-38-16-23-19-44-30(39-23)13-12-29(42-44)27-8-4-6-25(33(27)37)24-5-3-7-26(32(24)36)28-11-9-21(34(41-28)49-2)17-43(35(47)48)18-22-10-14-31(46)40-22/h3-9,11-13,19-20,22,38,45H,10,14-18H2,1-2H3,(H,40,46)(H,47,48)/t20?,22-/m0/s1. The number of hydrogen-bond donors (Lipinski definition) is 4. The number of aliphatic hydroxyl groups excluding tert-OH is 1. The van der Waals surface area contributed by atoms with Crippen LogP contribution in [0.2, 0.25) is 10.0 Å². The van der Waals surface area contributed by atoms with Crippen LogP contribution in [0.15, 0.2) is 66.9 Å². The number of nitrogens with zero attached hydrogens (tertiary/aromatic N) is 5. The minimum atomic E-state index is -1.10. The first-order chi connectivity index (χ1) is 23.6. The number of rotatable bonds is 12. The highest BCUT2D eigenvalue weighted by atomic mass is 35.5. The Morgan fingerprint density at radius 1 is 1.04 bits per heavy atom. The molecule has 12 nitrogen and oxygen atoms in total. The summed E-state index contributed by atoms with van der Waals surface area (Å²) in [4.78, 5) is 34.2. The Labute approximate surface area is 292 Å². The minimum absolute atomic E-state index is 0.0361. The number of methoxy groups -OCH3 is 1. The minimum Gasteiger partial charge on any atom is -0.481 e. The number of hydrogen-bond acceptors (Lipinski definition) is 8. The van der Waals surface area contributed by atoms with Crippen molar-refractivity contribution in [1.29, 1.82) is 0 Å². The van der Waals surface area contributed by atoms with Crippen LogP contribution in [0.3, 0.4) is 0 Å². The average Bonchev–Trinajstić information content (AvgIpc) is 3.69. The molecule has 6 rings (SSSR count). The van der Waals surface area contributed by atoms with Crippen LogP contribution in [0.1, 0.15) is 31.0 Å². The Morgan fingerprint density at radius 3 is 2.35 bits per heavy atom. The van der Waals surface area contributed by atoms with E-state index < -0.39 is 12.2 Å². The van der Waals surface area contributed by atoms with Gasteiger partial charge < -0.3 is 30.5 Å². The first-order valence-corrected chi connectivity index (χ1v) is 16.5. The van der Waals surface area contributed by atoms with Gasteiger partial charge in [-0.05, 0) is 37.6 Å². The van der Waals surface area contributed by atoms with E-state index in [9.17, 15) is 19.8 Å². The van der Waals surface area contributed by atoms with Crippen LogP contribution < -0.4 is 15.4 Å². The van der Waals surface area contributed by atoms with Crippen LogP contribution in [0.4, 0.5) is 4.79 Å². The molecule has 0 radical (unpaired) electrons. The van der Waals surface area contributed by atoms with E-state index in [1.807, 2.05) is 54.7 Å². The topological polar surface area (TPSA) is 154 Å². The van der Waals surface area contributed by atoms with Crippen LogP contribution in [-0.4, -0.2) is 79.0 Å². The third-order valence-corrected chi connectivity index (χ3v) is 9.06. The summed E-state index contributed by atoms with van der Waals surface area (Å²) >= 11 is 14.1. The third-order valence-electron chi connectivity index (χ3n) is 8.25.